The Balaban J connectivity index is 0.00000507. The van der Waals surface area contributed by atoms with Crippen molar-refractivity contribution in [2.75, 3.05) is 6.54 Å². The third-order valence-corrected chi connectivity index (χ3v) is 6.56. The Bertz CT molecular complexity index is 1090. The number of likely N-dealkylation sites (tertiary alicyclic amines) is 1. The number of carbonyl (C=O) groups is 4. The van der Waals surface area contributed by atoms with Crippen molar-refractivity contribution in [2.24, 2.45) is 11.3 Å². The first-order chi connectivity index (χ1) is 17.0. The summed E-state index contributed by atoms with van der Waals surface area (Å²) in [6.45, 7) is 16.0. The largest absolute Gasteiger partial charge is 0.479 e. The van der Waals surface area contributed by atoms with Gasteiger partial charge in [-0.3, -0.25) is 9.59 Å². The average molecular weight is 607 g/mol. The molecule has 3 rings (SSSR count). The predicted molar refractivity (Wildman–Crippen MR) is 132 cm³/mol. The van der Waals surface area contributed by atoms with Crippen LogP contribution in [0.1, 0.15) is 66.1 Å². The fraction of sp³-hybridized carbons (Fsp3) is 0.680. The van der Waals surface area contributed by atoms with Crippen molar-refractivity contribution in [1.29, 1.82) is 0 Å². The summed E-state index contributed by atoms with van der Waals surface area (Å²) >= 11 is 0. The summed E-state index contributed by atoms with van der Waals surface area (Å²) in [7, 11) is 0. The Morgan fingerprint density at radius 3 is 2.32 bits per heavy atom. The van der Waals surface area contributed by atoms with E-state index in [1.165, 1.54) is 15.8 Å². The number of ether oxygens (including phenoxy) is 1. The number of carboxylic acid groups (broad SMARTS) is 1. The van der Waals surface area contributed by atoms with Crippen LogP contribution in [0.15, 0.2) is 12.7 Å². The number of alkyl carbamates (subject to hydrolysis) is 1. The maximum absolute atomic E-state index is 13.9. The Kier molecular flexibility index (Phi) is 9.58. The van der Waals surface area contributed by atoms with Gasteiger partial charge in [-0.2, -0.15) is 5.10 Å². The number of hydrogen-bond donors (Lipinski definition) is 3. The molecule has 1 saturated carbocycles. The third-order valence-electron chi connectivity index (χ3n) is 6.56. The van der Waals surface area contributed by atoms with Crippen molar-refractivity contribution in [3.05, 3.63) is 24.5 Å². The van der Waals surface area contributed by atoms with Crippen molar-refractivity contribution in [1.82, 2.24) is 30.5 Å². The minimum atomic E-state index is -1.45. The molecule has 1 aromatic rings. The van der Waals surface area contributed by atoms with Crippen LogP contribution < -0.4 is 10.6 Å². The Hall–Kier alpha value is -2.34. The zero-order chi connectivity index (χ0) is 27.9. The molecule has 0 spiro atoms. The summed E-state index contributed by atoms with van der Waals surface area (Å²) in [6.07, 6.45) is 3.87. The van der Waals surface area contributed by atoms with E-state index in [0.717, 1.165) is 0 Å². The molecule has 1 aliphatic heterocycles. The van der Waals surface area contributed by atoms with E-state index in [9.17, 15) is 24.3 Å². The summed E-state index contributed by atoms with van der Waals surface area (Å²) in [4.78, 5) is 54.7. The number of carbonyl (C=O) groups excluding carboxylic acids is 3. The van der Waals surface area contributed by atoms with Gasteiger partial charge in [0.25, 0.3) is 0 Å². The summed E-state index contributed by atoms with van der Waals surface area (Å²) in [6, 6.07) is -2.47. The van der Waals surface area contributed by atoms with Gasteiger partial charge < -0.3 is 36.7 Å². The van der Waals surface area contributed by atoms with Gasteiger partial charge in [-0.05, 0) is 32.6 Å². The molecule has 2 heterocycles. The molecule has 13 heteroatoms. The minimum Gasteiger partial charge on any atom is -0.479 e. The van der Waals surface area contributed by atoms with Crippen molar-refractivity contribution in [3.63, 3.8) is 0 Å². The van der Waals surface area contributed by atoms with Gasteiger partial charge in [-0.15, -0.1) is 12.3 Å². The van der Waals surface area contributed by atoms with Crippen molar-refractivity contribution in [3.8, 4) is 0 Å². The van der Waals surface area contributed by atoms with E-state index >= 15 is 0 Å². The minimum absolute atomic E-state index is 0. The summed E-state index contributed by atoms with van der Waals surface area (Å²) < 4.78 is 5.37. The first-order valence-corrected chi connectivity index (χ1v) is 12.3. The van der Waals surface area contributed by atoms with Crippen LogP contribution in [-0.4, -0.2) is 78.6 Å². The smallest absolute Gasteiger partial charge is 0.408 e. The number of rotatable bonds is 7. The molecule has 38 heavy (non-hydrogen) atoms. The zero-order valence-electron chi connectivity index (χ0n) is 23.1. The Labute approximate surface area is 248 Å². The molecule has 3 N–H and O–H groups in total. The van der Waals surface area contributed by atoms with Gasteiger partial charge in [0.1, 0.15) is 23.2 Å². The molecule has 12 nitrogen and oxygen atoms in total. The predicted octanol–water partition coefficient (Wildman–Crippen LogP) is 1.61. The van der Waals surface area contributed by atoms with E-state index in [4.69, 9.17) is 4.74 Å². The van der Waals surface area contributed by atoms with Gasteiger partial charge >= 0.3 is 12.1 Å². The van der Waals surface area contributed by atoms with E-state index in [2.05, 4.69) is 33.6 Å². The number of aliphatic carboxylic acids is 1. The maximum atomic E-state index is 13.9. The molecule has 1 aliphatic carbocycles. The number of carboxylic acids is 1. The fourth-order valence-electron chi connectivity index (χ4n) is 4.52. The number of nitrogens with one attached hydrogen (secondary N) is 2. The van der Waals surface area contributed by atoms with Crippen LogP contribution in [0.25, 0.3) is 0 Å². The van der Waals surface area contributed by atoms with Crippen LogP contribution in [0.2, 0.25) is 0 Å². The number of amides is 3. The van der Waals surface area contributed by atoms with Crippen LogP contribution in [0, 0.1) is 24.5 Å². The first-order valence-electron chi connectivity index (χ1n) is 12.3. The van der Waals surface area contributed by atoms with E-state index in [-0.39, 0.29) is 52.1 Å². The molecule has 1 radical (unpaired) electrons. The van der Waals surface area contributed by atoms with Gasteiger partial charge in [-0.25, -0.2) is 14.4 Å². The van der Waals surface area contributed by atoms with Crippen LogP contribution >= 0.6 is 0 Å². The van der Waals surface area contributed by atoms with Crippen LogP contribution in [0.4, 0.5) is 4.79 Å². The molecular weight excluding hydrogens is 569 g/mol. The summed E-state index contributed by atoms with van der Waals surface area (Å²) in [5.41, 5.74) is -2.39. The molecule has 0 aromatic carbocycles. The van der Waals surface area contributed by atoms with E-state index < -0.39 is 64.5 Å². The van der Waals surface area contributed by atoms with Crippen molar-refractivity contribution in [2.45, 2.75) is 90.6 Å². The molecule has 1 aromatic heterocycles. The van der Waals surface area contributed by atoms with Crippen LogP contribution in [-0.2, 0) is 51.8 Å². The molecule has 2 fully saturated rings. The third kappa shape index (κ3) is 6.99. The standard InChI is InChI=1S/C25H37N6O6.Y/c1-9-15-11-25(15,21(34)35)28-19(32)17-10-16(31-26-12-14(2)29-31)13-30(17)20(33)18(23(3,4)5)27-22(36)37-24(6,7)8;/h9,15-18H,1,10-11,13H2,2-8H3,(H,27,36)(H,28,32)(H,34,35);/q-1;/t15-,16-,17+,18-,25-;/m1./s1. The first kappa shape index (κ1) is 31.9. The molecule has 0 unspecified atom stereocenters. The molecule has 3 amide bonds. The van der Waals surface area contributed by atoms with Gasteiger partial charge in [0.15, 0.2) is 0 Å². The normalized spacial score (nSPS) is 25.6. The number of nitrogens with zero attached hydrogens (tertiary/aromatic N) is 4. The maximum Gasteiger partial charge on any atom is 0.408 e. The Morgan fingerprint density at radius 2 is 1.87 bits per heavy atom. The van der Waals surface area contributed by atoms with Gasteiger partial charge in [0.05, 0.1) is 6.04 Å². The second-order valence-corrected chi connectivity index (χ2v) is 11.9. The Morgan fingerprint density at radius 1 is 1.24 bits per heavy atom. The number of hydrogen-bond acceptors (Lipinski definition) is 7. The summed E-state index contributed by atoms with van der Waals surface area (Å²) in [5.74, 6) is -2.65. The van der Waals surface area contributed by atoms with Crippen molar-refractivity contribution < 1.29 is 61.7 Å². The van der Waals surface area contributed by atoms with Gasteiger partial charge in [0, 0.05) is 51.6 Å². The molecule has 207 valence electrons. The fourth-order valence-corrected chi connectivity index (χ4v) is 4.52. The monoisotopic (exact) mass is 606 g/mol. The summed E-state index contributed by atoms with van der Waals surface area (Å²) in [5, 5.41) is 23.5. The second-order valence-electron chi connectivity index (χ2n) is 11.9. The topological polar surface area (TPSA) is 156 Å². The SMILES string of the molecule is C=C[C@@H]1C[C@]1(NC(=O)[C@@H]1C[C@@H](n2n[c-]c(C)n2)CN1C(=O)[C@@H](NC(=O)OC(C)(C)C)C(C)(C)C)C(=O)O.[Y]. The molecule has 0 bridgehead atoms. The van der Waals surface area contributed by atoms with Gasteiger partial charge in [-0.1, -0.05) is 33.8 Å². The van der Waals surface area contributed by atoms with E-state index in [1.807, 2.05) is 0 Å². The van der Waals surface area contributed by atoms with Crippen molar-refractivity contribution >= 4 is 23.9 Å². The van der Waals surface area contributed by atoms with Crippen LogP contribution in [0.3, 0.4) is 0 Å². The van der Waals surface area contributed by atoms with Crippen LogP contribution in [0.5, 0.6) is 0 Å². The van der Waals surface area contributed by atoms with E-state index in [0.29, 0.717) is 5.69 Å². The molecular formula is C25H37N6O6Y-. The zero-order valence-corrected chi connectivity index (χ0v) is 25.9. The number of aryl methyl sites for hydroxylation is 1. The molecule has 5 atom stereocenters. The second kappa shape index (κ2) is 11.4. The molecule has 1 saturated heterocycles. The molecule has 2 aliphatic rings. The quantitative estimate of drug-likeness (QED) is 0.312. The van der Waals surface area contributed by atoms with E-state index in [1.54, 1.807) is 48.5 Å². The average Bonchev–Trinajstić information content (AvgIpc) is 3.07. The van der Waals surface area contributed by atoms with Gasteiger partial charge in [0.2, 0.25) is 11.8 Å². The number of aromatic nitrogens is 3.